The molecule has 1 aromatic heterocycles. The molecule has 0 unspecified atom stereocenters. The Balaban J connectivity index is 2.02. The van der Waals surface area contributed by atoms with Gasteiger partial charge in [-0.3, -0.25) is 24.6 Å². The fraction of sp³-hybridized carbons (Fsp3) is 0.364. The van der Waals surface area contributed by atoms with Crippen molar-refractivity contribution in [2.24, 2.45) is 44.4 Å². The average Bonchev–Trinajstić information content (AvgIpc) is 3.12. The summed E-state index contributed by atoms with van der Waals surface area (Å²) in [6, 6.07) is 5.33. The second kappa shape index (κ2) is 21.5. The van der Waals surface area contributed by atoms with Gasteiger partial charge in [0, 0.05) is 67.4 Å². The second-order valence-electron chi connectivity index (χ2n) is 11.3. The lowest BCUT2D eigenvalue weighted by atomic mass is 10.1. The molecule has 0 bridgehead atoms. The SMILES string of the molecule is CCc1cnc(C(=O)Nc2cc(C(F)(F)F)c(SCCN=C(N)N)cc2SCCN)cc1C(=O)Nc1cc(C(F)(F)F)c(SCCN=C(N)N)cc1SCCN. The fourth-order valence-corrected chi connectivity index (χ4v) is 8.34. The molecule has 0 saturated heterocycles. The molecule has 0 aliphatic rings. The van der Waals surface area contributed by atoms with Crippen LogP contribution in [-0.4, -0.2) is 77.9 Å². The largest absolute Gasteiger partial charge is 0.417 e. The number of anilines is 2. The predicted molar refractivity (Wildman–Crippen MR) is 215 cm³/mol. The number of nitrogens with zero attached hydrogens (tertiary/aromatic N) is 3. The summed E-state index contributed by atoms with van der Waals surface area (Å²) in [6.45, 7) is 2.19. The minimum atomic E-state index is -4.81. The third kappa shape index (κ3) is 13.9. The van der Waals surface area contributed by atoms with E-state index in [1.165, 1.54) is 18.3 Å². The molecule has 0 spiro atoms. The van der Waals surface area contributed by atoms with E-state index in [0.29, 0.717) is 22.0 Å². The van der Waals surface area contributed by atoms with Crippen LogP contribution in [0.15, 0.2) is 66.1 Å². The number of hydrogen-bond acceptors (Lipinski definition) is 11. The van der Waals surface area contributed by atoms with Gasteiger partial charge in [0.15, 0.2) is 11.9 Å². The minimum absolute atomic E-state index is 0.0624. The highest BCUT2D eigenvalue weighted by Gasteiger charge is 2.36. The van der Waals surface area contributed by atoms with Crippen LogP contribution >= 0.6 is 47.0 Å². The zero-order valence-corrected chi connectivity index (χ0v) is 33.1. The standard InChI is InChI=1S/C33H41F6N11O2S4/c1-2-17-16-48-23(29(52)50-22-13-20(33(37,38)39)25(15-27(22)54-8-4-41)56-10-6-47-31(44)45)11-18(17)28(51)49-21-12-19(32(34,35)36)24(14-26(21)53-7-3-40)55-9-5-46-30(42)43/h11-16H,2-10,40-41H2,1H3,(H,49,51)(H,50,52)(H4,42,43,46)(H4,44,45,47). The molecule has 14 N–H and O–H groups in total. The molecule has 3 rings (SSSR count). The van der Waals surface area contributed by atoms with Crippen LogP contribution in [0.5, 0.6) is 0 Å². The molecular formula is C33H41F6N11O2S4. The third-order valence-corrected chi connectivity index (χ3v) is 11.4. The number of rotatable bonds is 19. The van der Waals surface area contributed by atoms with Crippen molar-refractivity contribution in [3.8, 4) is 0 Å². The predicted octanol–water partition coefficient (Wildman–Crippen LogP) is 5.02. The van der Waals surface area contributed by atoms with E-state index in [0.717, 1.165) is 65.2 Å². The van der Waals surface area contributed by atoms with Crippen molar-refractivity contribution in [2.45, 2.75) is 45.3 Å². The van der Waals surface area contributed by atoms with Gasteiger partial charge >= 0.3 is 12.4 Å². The molecule has 0 radical (unpaired) electrons. The Morgan fingerprint density at radius 2 is 1.09 bits per heavy atom. The molecule has 0 saturated carbocycles. The molecule has 13 nitrogen and oxygen atoms in total. The molecule has 56 heavy (non-hydrogen) atoms. The first-order chi connectivity index (χ1) is 26.4. The minimum Gasteiger partial charge on any atom is -0.370 e. The highest BCUT2D eigenvalue weighted by atomic mass is 32.2. The molecule has 0 fully saturated rings. The van der Waals surface area contributed by atoms with Gasteiger partial charge < -0.3 is 45.0 Å². The number of carbonyl (C=O) groups excluding carboxylic acids is 2. The van der Waals surface area contributed by atoms with Crippen molar-refractivity contribution >= 4 is 82.2 Å². The maximum Gasteiger partial charge on any atom is 0.417 e. The van der Waals surface area contributed by atoms with Crippen LogP contribution in [0.2, 0.25) is 0 Å². The lowest BCUT2D eigenvalue weighted by Crippen LogP contribution is -2.23. The molecule has 1 heterocycles. The van der Waals surface area contributed by atoms with Gasteiger partial charge in [-0.2, -0.15) is 26.3 Å². The van der Waals surface area contributed by atoms with E-state index in [1.807, 2.05) is 0 Å². The third-order valence-electron chi connectivity index (χ3n) is 7.15. The molecule has 2 aromatic carbocycles. The molecule has 3 aromatic rings. The number of carbonyl (C=O) groups is 2. The van der Waals surface area contributed by atoms with Crippen molar-refractivity contribution < 1.29 is 35.9 Å². The summed E-state index contributed by atoms with van der Waals surface area (Å²) in [5, 5.41) is 5.03. The maximum absolute atomic E-state index is 14.3. The lowest BCUT2D eigenvalue weighted by Gasteiger charge is -2.19. The first kappa shape index (κ1) is 46.4. The number of thioether (sulfide) groups is 4. The highest BCUT2D eigenvalue weighted by Crippen LogP contribution is 2.44. The lowest BCUT2D eigenvalue weighted by molar-refractivity contribution is -0.140. The van der Waals surface area contributed by atoms with Crippen LogP contribution in [-0.2, 0) is 18.8 Å². The van der Waals surface area contributed by atoms with E-state index >= 15 is 0 Å². The summed E-state index contributed by atoms with van der Waals surface area (Å²) in [4.78, 5) is 39.4. The van der Waals surface area contributed by atoms with Crippen molar-refractivity contribution in [1.82, 2.24) is 4.98 Å². The Kier molecular flexibility index (Phi) is 17.8. The molecule has 2 amide bonds. The van der Waals surface area contributed by atoms with E-state index < -0.39 is 35.3 Å². The van der Waals surface area contributed by atoms with Crippen LogP contribution in [0.1, 0.15) is 44.5 Å². The number of amides is 2. The Bertz CT molecular complexity index is 1910. The number of halogens is 6. The van der Waals surface area contributed by atoms with Gasteiger partial charge in [-0.1, -0.05) is 6.92 Å². The molecule has 306 valence electrons. The monoisotopic (exact) mass is 865 g/mol. The summed E-state index contributed by atoms with van der Waals surface area (Å²) in [7, 11) is 0. The van der Waals surface area contributed by atoms with Crippen molar-refractivity contribution in [3.63, 3.8) is 0 Å². The van der Waals surface area contributed by atoms with Gasteiger partial charge in [-0.25, -0.2) is 0 Å². The van der Waals surface area contributed by atoms with E-state index in [4.69, 9.17) is 34.4 Å². The molecular weight excluding hydrogens is 825 g/mol. The normalized spacial score (nSPS) is 11.6. The quantitative estimate of drug-likeness (QED) is 0.0260. The van der Waals surface area contributed by atoms with Crippen LogP contribution in [0.4, 0.5) is 37.7 Å². The van der Waals surface area contributed by atoms with Crippen LogP contribution in [0.25, 0.3) is 0 Å². The number of pyridine rings is 1. The van der Waals surface area contributed by atoms with Gasteiger partial charge in [-0.15, -0.1) is 47.0 Å². The first-order valence-corrected chi connectivity index (χ1v) is 20.5. The van der Waals surface area contributed by atoms with Crippen LogP contribution in [0, 0.1) is 0 Å². The topological polar surface area (TPSA) is 252 Å². The summed E-state index contributed by atoms with van der Waals surface area (Å²) < 4.78 is 85.7. The highest BCUT2D eigenvalue weighted by molar-refractivity contribution is 8.00. The molecule has 0 aliphatic heterocycles. The number of nitrogens with one attached hydrogen (secondary N) is 2. The Labute approximate surface area is 335 Å². The zero-order valence-electron chi connectivity index (χ0n) is 29.9. The molecule has 0 atom stereocenters. The van der Waals surface area contributed by atoms with Gasteiger partial charge in [0.05, 0.1) is 35.6 Å². The average molecular weight is 866 g/mol. The molecule has 0 aliphatic carbocycles. The number of aliphatic imine (C=N–C) groups is 2. The Morgan fingerprint density at radius 3 is 1.48 bits per heavy atom. The number of hydrogen-bond donors (Lipinski definition) is 8. The van der Waals surface area contributed by atoms with Crippen LogP contribution in [0.3, 0.4) is 0 Å². The maximum atomic E-state index is 14.3. The number of benzene rings is 2. The number of nitrogens with two attached hydrogens (primary N) is 6. The summed E-state index contributed by atoms with van der Waals surface area (Å²) in [5.74, 6) is -1.34. The van der Waals surface area contributed by atoms with E-state index in [9.17, 15) is 35.9 Å². The number of alkyl halides is 6. The molecule has 23 heteroatoms. The van der Waals surface area contributed by atoms with E-state index in [1.54, 1.807) is 6.92 Å². The summed E-state index contributed by atoms with van der Waals surface area (Å²) in [5.41, 5.74) is 30.2. The second-order valence-corrected chi connectivity index (χ2v) is 15.8. The smallest absolute Gasteiger partial charge is 0.370 e. The van der Waals surface area contributed by atoms with E-state index in [-0.39, 0.29) is 93.3 Å². The fourth-order valence-electron chi connectivity index (χ4n) is 4.71. The Morgan fingerprint density at radius 1 is 0.661 bits per heavy atom. The summed E-state index contributed by atoms with van der Waals surface area (Å²) in [6.07, 6.45) is -8.13. The van der Waals surface area contributed by atoms with Gasteiger partial charge in [0.25, 0.3) is 11.8 Å². The van der Waals surface area contributed by atoms with Gasteiger partial charge in [-0.05, 0) is 42.3 Å². The van der Waals surface area contributed by atoms with Gasteiger partial charge in [0.1, 0.15) is 5.69 Å². The number of aryl methyl sites for hydroxylation is 1. The first-order valence-electron chi connectivity index (χ1n) is 16.5. The van der Waals surface area contributed by atoms with Gasteiger partial charge in [0.2, 0.25) is 0 Å². The van der Waals surface area contributed by atoms with Crippen molar-refractivity contribution in [3.05, 3.63) is 64.5 Å². The number of aromatic nitrogens is 1. The van der Waals surface area contributed by atoms with Crippen molar-refractivity contribution in [2.75, 3.05) is 59.8 Å². The van der Waals surface area contributed by atoms with Crippen LogP contribution < -0.4 is 45.0 Å². The number of guanidine groups is 2. The zero-order chi connectivity index (χ0) is 41.6. The van der Waals surface area contributed by atoms with E-state index in [2.05, 4.69) is 25.6 Å². The summed E-state index contributed by atoms with van der Waals surface area (Å²) >= 11 is 4.00. The van der Waals surface area contributed by atoms with Crippen molar-refractivity contribution in [1.29, 1.82) is 0 Å². The Hall–Kier alpha value is -4.03.